The number of methoxy groups -OCH3 is 1. The molecule has 0 spiro atoms. The van der Waals surface area contributed by atoms with Gasteiger partial charge in [-0.3, -0.25) is 4.79 Å². The van der Waals surface area contributed by atoms with Crippen LogP contribution in [0.25, 0.3) is 0 Å². The zero-order valence-corrected chi connectivity index (χ0v) is 10.5. The number of carbonyl (C=O) groups is 2. The van der Waals surface area contributed by atoms with E-state index in [1.807, 2.05) is 6.92 Å². The Kier molecular flexibility index (Phi) is 4.79. The van der Waals surface area contributed by atoms with Gasteiger partial charge in [-0.1, -0.05) is 6.07 Å². The summed E-state index contributed by atoms with van der Waals surface area (Å²) in [4.78, 5) is 26.3. The predicted molar refractivity (Wildman–Crippen MR) is 64.6 cm³/mol. The zero-order valence-electron chi connectivity index (χ0n) is 10.5. The molecule has 0 bridgehead atoms. The van der Waals surface area contributed by atoms with E-state index in [1.54, 1.807) is 14.0 Å². The van der Waals surface area contributed by atoms with E-state index >= 15 is 0 Å². The molecule has 0 saturated heterocycles. The van der Waals surface area contributed by atoms with Crippen molar-refractivity contribution < 1.29 is 19.4 Å². The molecule has 1 aromatic heterocycles. The van der Waals surface area contributed by atoms with Crippen LogP contribution in [0.5, 0.6) is 0 Å². The average molecular weight is 252 g/mol. The molecule has 1 aromatic rings. The van der Waals surface area contributed by atoms with Crippen LogP contribution >= 0.6 is 0 Å². The molecule has 1 heterocycles. The zero-order chi connectivity index (χ0) is 13.7. The first-order chi connectivity index (χ1) is 8.45. The Hall–Kier alpha value is -1.95. The number of aromatic carboxylic acids is 1. The first kappa shape index (κ1) is 14.1. The normalized spacial score (nSPS) is 13.7. The Balaban J connectivity index is 2.78. The van der Waals surface area contributed by atoms with Crippen LogP contribution in [-0.2, 0) is 4.74 Å². The van der Waals surface area contributed by atoms with Crippen molar-refractivity contribution in [2.24, 2.45) is 0 Å². The van der Waals surface area contributed by atoms with Gasteiger partial charge < -0.3 is 15.2 Å². The van der Waals surface area contributed by atoms with E-state index in [9.17, 15) is 9.59 Å². The van der Waals surface area contributed by atoms with Crippen LogP contribution in [0.2, 0.25) is 0 Å². The van der Waals surface area contributed by atoms with Gasteiger partial charge in [0.15, 0.2) is 0 Å². The molecule has 1 unspecified atom stereocenters. The van der Waals surface area contributed by atoms with Gasteiger partial charge >= 0.3 is 5.97 Å². The first-order valence-corrected chi connectivity index (χ1v) is 5.49. The maximum absolute atomic E-state index is 11.8. The second-order valence-electron chi connectivity index (χ2n) is 3.92. The minimum Gasteiger partial charge on any atom is -0.477 e. The van der Waals surface area contributed by atoms with Crippen LogP contribution < -0.4 is 5.32 Å². The highest BCUT2D eigenvalue weighted by Gasteiger charge is 2.17. The minimum absolute atomic E-state index is 0.0741. The van der Waals surface area contributed by atoms with Gasteiger partial charge in [0.25, 0.3) is 5.91 Å². The van der Waals surface area contributed by atoms with E-state index < -0.39 is 11.9 Å². The van der Waals surface area contributed by atoms with Crippen LogP contribution in [-0.4, -0.2) is 41.2 Å². The number of ether oxygens (including phenoxy) is 1. The van der Waals surface area contributed by atoms with Crippen molar-refractivity contribution in [3.8, 4) is 0 Å². The summed E-state index contributed by atoms with van der Waals surface area (Å²) < 4.78 is 5.08. The molecular weight excluding hydrogens is 236 g/mol. The molecule has 0 aliphatic heterocycles. The van der Waals surface area contributed by atoms with Gasteiger partial charge in [-0.25, -0.2) is 9.78 Å². The Bertz CT molecular complexity index is 447. The lowest BCUT2D eigenvalue weighted by Gasteiger charge is -2.19. The lowest BCUT2D eigenvalue weighted by Crippen LogP contribution is -2.41. The maximum atomic E-state index is 11.8. The molecule has 0 fully saturated rings. The number of aromatic nitrogens is 1. The van der Waals surface area contributed by atoms with Crippen molar-refractivity contribution in [2.45, 2.75) is 26.0 Å². The lowest BCUT2D eigenvalue weighted by molar-refractivity contribution is 0.0689. The number of nitrogens with zero attached hydrogens (tertiary/aromatic N) is 1. The summed E-state index contributed by atoms with van der Waals surface area (Å²) in [6.45, 7) is 3.62. The van der Waals surface area contributed by atoms with Gasteiger partial charge in [0.1, 0.15) is 11.4 Å². The van der Waals surface area contributed by atoms with Crippen molar-refractivity contribution in [1.82, 2.24) is 10.3 Å². The van der Waals surface area contributed by atoms with E-state index in [2.05, 4.69) is 10.3 Å². The Labute approximate surface area is 105 Å². The van der Waals surface area contributed by atoms with Crippen LogP contribution in [0.1, 0.15) is 34.8 Å². The largest absolute Gasteiger partial charge is 0.477 e. The van der Waals surface area contributed by atoms with Crippen molar-refractivity contribution >= 4 is 11.9 Å². The number of carboxylic acid groups (broad SMARTS) is 1. The molecule has 6 heteroatoms. The Morgan fingerprint density at radius 1 is 1.33 bits per heavy atom. The van der Waals surface area contributed by atoms with Crippen molar-refractivity contribution in [3.63, 3.8) is 0 Å². The average Bonchev–Trinajstić information content (AvgIpc) is 2.37. The molecule has 98 valence electrons. The highest BCUT2D eigenvalue weighted by molar-refractivity contribution is 5.94. The Morgan fingerprint density at radius 2 is 1.94 bits per heavy atom. The summed E-state index contributed by atoms with van der Waals surface area (Å²) in [7, 11) is 1.55. The summed E-state index contributed by atoms with van der Waals surface area (Å²) in [6, 6.07) is 4.08. The summed E-state index contributed by atoms with van der Waals surface area (Å²) in [5.74, 6) is -1.59. The Morgan fingerprint density at radius 3 is 2.50 bits per heavy atom. The molecule has 0 radical (unpaired) electrons. The maximum Gasteiger partial charge on any atom is 0.354 e. The molecule has 6 nitrogen and oxygen atoms in total. The fourth-order valence-corrected chi connectivity index (χ4v) is 1.28. The highest BCUT2D eigenvalue weighted by atomic mass is 16.5. The van der Waals surface area contributed by atoms with Crippen LogP contribution in [0.4, 0.5) is 0 Å². The summed E-state index contributed by atoms with van der Waals surface area (Å²) >= 11 is 0. The summed E-state index contributed by atoms with van der Waals surface area (Å²) in [5.41, 5.74) is -0.0832. The lowest BCUT2D eigenvalue weighted by atomic mass is 10.2. The number of hydrogen-bond acceptors (Lipinski definition) is 4. The molecule has 1 amide bonds. The van der Waals surface area contributed by atoms with Gasteiger partial charge in [0.05, 0.1) is 12.1 Å². The highest BCUT2D eigenvalue weighted by Crippen LogP contribution is 2.02. The number of carboxylic acids is 1. The number of carbonyl (C=O) groups excluding carboxylic acids is 1. The molecule has 18 heavy (non-hydrogen) atoms. The van der Waals surface area contributed by atoms with E-state index in [4.69, 9.17) is 9.84 Å². The van der Waals surface area contributed by atoms with Gasteiger partial charge in [0.2, 0.25) is 0 Å². The molecule has 2 atom stereocenters. The molecule has 0 aliphatic rings. The number of amides is 1. The monoisotopic (exact) mass is 252 g/mol. The molecule has 0 saturated carbocycles. The third-order valence-electron chi connectivity index (χ3n) is 2.64. The topological polar surface area (TPSA) is 88.5 Å². The van der Waals surface area contributed by atoms with Crippen LogP contribution in [0.15, 0.2) is 18.2 Å². The third kappa shape index (κ3) is 3.53. The molecule has 0 aliphatic carbocycles. The van der Waals surface area contributed by atoms with E-state index in [0.717, 1.165) is 0 Å². The number of hydrogen-bond donors (Lipinski definition) is 2. The first-order valence-electron chi connectivity index (χ1n) is 5.49. The van der Waals surface area contributed by atoms with E-state index in [-0.39, 0.29) is 23.5 Å². The standard InChI is InChI=1S/C12H16N2O4/c1-7(8(2)18-3)13-11(15)9-5-4-6-10(14-9)12(16)17/h4-8H,1-3H3,(H,13,15)(H,16,17)/t7-,8?/m0/s1. The minimum atomic E-state index is -1.16. The van der Waals surface area contributed by atoms with Crippen molar-refractivity contribution in [3.05, 3.63) is 29.6 Å². The van der Waals surface area contributed by atoms with Gasteiger partial charge in [-0.2, -0.15) is 0 Å². The molecule has 2 N–H and O–H groups in total. The number of rotatable bonds is 5. The predicted octanol–water partition coefficient (Wildman–Crippen LogP) is 0.933. The summed E-state index contributed by atoms with van der Waals surface area (Å²) in [5, 5.41) is 11.5. The van der Waals surface area contributed by atoms with E-state index in [1.165, 1.54) is 18.2 Å². The third-order valence-corrected chi connectivity index (χ3v) is 2.64. The van der Waals surface area contributed by atoms with E-state index in [0.29, 0.717) is 0 Å². The van der Waals surface area contributed by atoms with Crippen LogP contribution in [0, 0.1) is 0 Å². The van der Waals surface area contributed by atoms with Gasteiger partial charge in [0, 0.05) is 7.11 Å². The second kappa shape index (κ2) is 6.11. The fraction of sp³-hybridized carbons (Fsp3) is 0.417. The number of pyridine rings is 1. The quantitative estimate of drug-likeness (QED) is 0.814. The van der Waals surface area contributed by atoms with Crippen LogP contribution in [0.3, 0.4) is 0 Å². The molecule has 0 aromatic carbocycles. The fourth-order valence-electron chi connectivity index (χ4n) is 1.28. The molecule has 1 rings (SSSR count). The van der Waals surface area contributed by atoms with Gasteiger partial charge in [-0.05, 0) is 26.0 Å². The summed E-state index contributed by atoms with van der Waals surface area (Å²) in [6.07, 6.45) is -0.142. The smallest absolute Gasteiger partial charge is 0.354 e. The second-order valence-corrected chi connectivity index (χ2v) is 3.92. The van der Waals surface area contributed by atoms with Gasteiger partial charge in [-0.15, -0.1) is 0 Å². The van der Waals surface area contributed by atoms with Crippen molar-refractivity contribution in [2.75, 3.05) is 7.11 Å². The number of nitrogens with one attached hydrogen (secondary N) is 1. The molecular formula is C12H16N2O4. The SMILES string of the molecule is COC(C)[C@H](C)NC(=O)c1cccc(C(=O)O)n1. The van der Waals surface area contributed by atoms with Crippen molar-refractivity contribution in [1.29, 1.82) is 0 Å².